The Kier molecular flexibility index (Phi) is 5.11. The van der Waals surface area contributed by atoms with Crippen molar-refractivity contribution in [2.24, 2.45) is 0 Å². The van der Waals surface area contributed by atoms with Gasteiger partial charge in [0.05, 0.1) is 16.9 Å². The number of rotatable bonds is 3. The maximum atomic E-state index is 13.3. The number of alkyl halides is 3. The minimum Gasteiger partial charge on any atom is -0.370 e. The van der Waals surface area contributed by atoms with E-state index in [4.69, 9.17) is 5.10 Å². The predicted octanol–water partition coefficient (Wildman–Crippen LogP) is 6.43. The first-order valence-corrected chi connectivity index (χ1v) is 9.99. The Balaban J connectivity index is 1.92. The van der Waals surface area contributed by atoms with E-state index in [1.165, 1.54) is 12.1 Å². The molecule has 1 aromatic heterocycles. The standard InChI is InChI=1S/C23H24F3N3/c1-15(2)18-10-3-4-12-20(18)29-22-19(11-5-6-13-27-22)21(28-29)16-8-7-9-17(14-16)23(24,25)26/h3-4,7-10,12,14-15,27H,5-6,11,13H2,1-2H3. The molecule has 0 fully saturated rings. The van der Waals surface area contributed by atoms with Crippen molar-refractivity contribution < 1.29 is 13.2 Å². The summed E-state index contributed by atoms with van der Waals surface area (Å²) < 4.78 is 41.7. The maximum Gasteiger partial charge on any atom is 0.416 e. The molecule has 0 atom stereocenters. The lowest BCUT2D eigenvalue weighted by Gasteiger charge is -2.15. The summed E-state index contributed by atoms with van der Waals surface area (Å²) in [6.45, 7) is 5.08. The monoisotopic (exact) mass is 399 g/mol. The average Bonchev–Trinajstić information content (AvgIpc) is 2.88. The van der Waals surface area contributed by atoms with Gasteiger partial charge in [0.15, 0.2) is 0 Å². The fraction of sp³-hybridized carbons (Fsp3) is 0.348. The molecule has 0 bridgehead atoms. The summed E-state index contributed by atoms with van der Waals surface area (Å²) in [4.78, 5) is 0. The number of para-hydroxylation sites is 1. The van der Waals surface area contributed by atoms with E-state index >= 15 is 0 Å². The molecule has 0 unspecified atom stereocenters. The Bertz CT molecular complexity index is 1020. The Morgan fingerprint density at radius 1 is 1.03 bits per heavy atom. The predicted molar refractivity (Wildman–Crippen MR) is 110 cm³/mol. The summed E-state index contributed by atoms with van der Waals surface area (Å²) in [7, 11) is 0. The molecule has 6 heteroatoms. The molecule has 152 valence electrons. The molecule has 1 N–H and O–H groups in total. The zero-order valence-electron chi connectivity index (χ0n) is 16.6. The molecule has 4 rings (SSSR count). The van der Waals surface area contributed by atoms with Gasteiger partial charge in [-0.3, -0.25) is 0 Å². The van der Waals surface area contributed by atoms with E-state index in [2.05, 4.69) is 25.2 Å². The Morgan fingerprint density at radius 3 is 2.59 bits per heavy atom. The molecule has 0 saturated carbocycles. The highest BCUT2D eigenvalue weighted by molar-refractivity contribution is 5.72. The molecule has 3 nitrogen and oxygen atoms in total. The fourth-order valence-electron chi connectivity index (χ4n) is 3.92. The molecule has 29 heavy (non-hydrogen) atoms. The van der Waals surface area contributed by atoms with E-state index in [1.807, 2.05) is 22.9 Å². The van der Waals surface area contributed by atoms with Gasteiger partial charge in [-0.2, -0.15) is 18.3 Å². The van der Waals surface area contributed by atoms with Gasteiger partial charge in [0.2, 0.25) is 0 Å². The fourth-order valence-corrected chi connectivity index (χ4v) is 3.92. The van der Waals surface area contributed by atoms with Crippen LogP contribution in [-0.2, 0) is 12.6 Å². The second-order valence-electron chi connectivity index (χ2n) is 7.76. The van der Waals surface area contributed by atoms with Crippen molar-refractivity contribution in [2.45, 2.75) is 45.2 Å². The lowest BCUT2D eigenvalue weighted by atomic mass is 10.0. The van der Waals surface area contributed by atoms with Gasteiger partial charge in [0, 0.05) is 17.7 Å². The van der Waals surface area contributed by atoms with Crippen LogP contribution in [0.1, 0.15) is 49.3 Å². The molecule has 0 amide bonds. The lowest BCUT2D eigenvalue weighted by molar-refractivity contribution is -0.137. The summed E-state index contributed by atoms with van der Waals surface area (Å²) >= 11 is 0. The maximum absolute atomic E-state index is 13.3. The zero-order valence-corrected chi connectivity index (χ0v) is 16.6. The van der Waals surface area contributed by atoms with Crippen LogP contribution in [0.4, 0.5) is 19.0 Å². The summed E-state index contributed by atoms with van der Waals surface area (Å²) in [5.74, 6) is 1.19. The second-order valence-corrected chi connectivity index (χ2v) is 7.76. The van der Waals surface area contributed by atoms with Crippen molar-refractivity contribution in [1.29, 1.82) is 0 Å². The van der Waals surface area contributed by atoms with Crippen molar-refractivity contribution in [3.8, 4) is 16.9 Å². The third-order valence-electron chi connectivity index (χ3n) is 5.38. The third-order valence-corrected chi connectivity index (χ3v) is 5.38. The number of hydrogen-bond acceptors (Lipinski definition) is 2. The van der Waals surface area contributed by atoms with Gasteiger partial charge in [0.1, 0.15) is 5.82 Å². The average molecular weight is 399 g/mol. The topological polar surface area (TPSA) is 29.9 Å². The van der Waals surface area contributed by atoms with Crippen LogP contribution >= 0.6 is 0 Å². The molecule has 1 aliphatic rings. The van der Waals surface area contributed by atoms with Crippen LogP contribution in [0.25, 0.3) is 16.9 Å². The molecule has 0 aliphatic carbocycles. The van der Waals surface area contributed by atoms with E-state index < -0.39 is 11.7 Å². The number of hydrogen-bond donors (Lipinski definition) is 1. The zero-order chi connectivity index (χ0) is 20.6. The number of anilines is 1. The van der Waals surface area contributed by atoms with Crippen molar-refractivity contribution in [3.63, 3.8) is 0 Å². The molecule has 2 heterocycles. The van der Waals surface area contributed by atoms with Crippen molar-refractivity contribution in [3.05, 3.63) is 65.2 Å². The van der Waals surface area contributed by atoms with Crippen LogP contribution < -0.4 is 5.32 Å². The Labute approximate surface area is 168 Å². The van der Waals surface area contributed by atoms with Gasteiger partial charge in [-0.1, -0.05) is 44.2 Å². The molecule has 1 aliphatic heterocycles. The van der Waals surface area contributed by atoms with Crippen LogP contribution in [0.15, 0.2) is 48.5 Å². The first-order valence-electron chi connectivity index (χ1n) is 9.99. The SMILES string of the molecule is CC(C)c1ccccc1-n1nc(-c2cccc(C(F)(F)F)c2)c2c1NCCCC2. The first kappa shape index (κ1) is 19.6. The van der Waals surface area contributed by atoms with Crippen molar-refractivity contribution in [2.75, 3.05) is 11.9 Å². The number of nitrogens with one attached hydrogen (secondary N) is 1. The molecule has 0 spiro atoms. The lowest BCUT2D eigenvalue weighted by Crippen LogP contribution is -2.09. The van der Waals surface area contributed by atoms with Gasteiger partial charge in [-0.25, -0.2) is 4.68 Å². The summed E-state index contributed by atoms with van der Waals surface area (Å²) in [6, 6.07) is 13.5. The van der Waals surface area contributed by atoms with Crippen LogP contribution in [0, 0.1) is 0 Å². The van der Waals surface area contributed by atoms with Crippen LogP contribution in [0.3, 0.4) is 0 Å². The normalized spacial score (nSPS) is 14.4. The molecule has 3 aromatic rings. The van der Waals surface area contributed by atoms with Crippen molar-refractivity contribution in [1.82, 2.24) is 9.78 Å². The number of fused-ring (bicyclic) bond motifs is 1. The number of nitrogens with zero attached hydrogens (tertiary/aromatic N) is 2. The quantitative estimate of drug-likeness (QED) is 0.550. The Hall–Kier alpha value is -2.76. The van der Waals surface area contributed by atoms with Gasteiger partial charge in [-0.05, 0) is 48.9 Å². The van der Waals surface area contributed by atoms with E-state index in [-0.39, 0.29) is 0 Å². The summed E-state index contributed by atoms with van der Waals surface area (Å²) in [5, 5.41) is 8.30. The molecule has 2 aromatic carbocycles. The third kappa shape index (κ3) is 3.76. The van der Waals surface area contributed by atoms with Gasteiger partial charge >= 0.3 is 6.18 Å². The molecular weight excluding hydrogens is 375 g/mol. The summed E-state index contributed by atoms with van der Waals surface area (Å²) in [6.07, 6.45) is -1.60. The van der Waals surface area contributed by atoms with Crippen LogP contribution in [0.2, 0.25) is 0 Å². The minimum atomic E-state index is -4.38. The van der Waals surface area contributed by atoms with Crippen molar-refractivity contribution >= 4 is 5.82 Å². The molecule has 0 saturated heterocycles. The van der Waals surface area contributed by atoms with E-state index in [1.54, 1.807) is 6.07 Å². The second kappa shape index (κ2) is 7.58. The number of halogens is 3. The number of aromatic nitrogens is 2. The highest BCUT2D eigenvalue weighted by Gasteiger charge is 2.31. The Morgan fingerprint density at radius 2 is 1.83 bits per heavy atom. The first-order chi connectivity index (χ1) is 13.9. The summed E-state index contributed by atoms with van der Waals surface area (Å²) in [5.41, 5.74) is 3.58. The van der Waals surface area contributed by atoms with E-state index in [9.17, 15) is 13.2 Å². The molecule has 0 radical (unpaired) electrons. The highest BCUT2D eigenvalue weighted by Crippen LogP contribution is 2.38. The minimum absolute atomic E-state index is 0.300. The van der Waals surface area contributed by atoms with Gasteiger partial charge in [0.25, 0.3) is 0 Å². The van der Waals surface area contributed by atoms with Crippen LogP contribution in [-0.4, -0.2) is 16.3 Å². The largest absolute Gasteiger partial charge is 0.416 e. The molecular formula is C23H24F3N3. The number of benzene rings is 2. The van der Waals surface area contributed by atoms with Crippen LogP contribution in [0.5, 0.6) is 0 Å². The van der Waals surface area contributed by atoms with E-state index in [0.29, 0.717) is 17.2 Å². The van der Waals surface area contributed by atoms with Gasteiger partial charge in [-0.15, -0.1) is 0 Å². The smallest absolute Gasteiger partial charge is 0.370 e. The highest BCUT2D eigenvalue weighted by atomic mass is 19.4. The van der Waals surface area contributed by atoms with Gasteiger partial charge < -0.3 is 5.32 Å². The van der Waals surface area contributed by atoms with E-state index in [0.717, 1.165) is 54.5 Å².